The lowest BCUT2D eigenvalue weighted by molar-refractivity contribution is -0.386. The van der Waals surface area contributed by atoms with E-state index in [1.54, 1.807) is 19.1 Å². The Labute approximate surface area is 178 Å². The van der Waals surface area contributed by atoms with E-state index < -0.39 is 39.8 Å². The molecular weight excluding hydrogens is 462 g/mol. The molecule has 2 N–H and O–H groups in total. The highest BCUT2D eigenvalue weighted by molar-refractivity contribution is 9.10. The second-order valence-electron chi connectivity index (χ2n) is 6.01. The monoisotopic (exact) mass is 475 g/mol. The summed E-state index contributed by atoms with van der Waals surface area (Å²) in [6, 6.07) is 7.57. The number of halogens is 1. The molecule has 1 fully saturated rings. The minimum Gasteiger partial charge on any atom is -0.500 e. The standard InChI is InChI=1S/C19H14BrN3O7/c1-2-30-15-9-10(8-14(16(15)24)23(28)29)7-13-17(25)21-19(27)22(18(13)26)12-5-3-11(20)4-6-12/h3-9,24H,2H2,1H3,(H,21,25,27). The van der Waals surface area contributed by atoms with Gasteiger partial charge in [0.1, 0.15) is 5.57 Å². The Morgan fingerprint density at radius 1 is 1.23 bits per heavy atom. The third-order valence-electron chi connectivity index (χ3n) is 4.07. The van der Waals surface area contributed by atoms with Gasteiger partial charge in [0, 0.05) is 10.5 Å². The van der Waals surface area contributed by atoms with Crippen molar-refractivity contribution in [2.75, 3.05) is 11.5 Å². The summed E-state index contributed by atoms with van der Waals surface area (Å²) < 4.78 is 5.92. The lowest BCUT2D eigenvalue weighted by Crippen LogP contribution is -2.54. The number of carbonyl (C=O) groups is 3. The zero-order chi connectivity index (χ0) is 22.0. The number of nitro benzene ring substituents is 1. The number of ether oxygens (including phenoxy) is 1. The van der Waals surface area contributed by atoms with Gasteiger partial charge in [-0.05, 0) is 48.9 Å². The Bertz CT molecular complexity index is 1100. The highest BCUT2D eigenvalue weighted by Crippen LogP contribution is 2.38. The van der Waals surface area contributed by atoms with Crippen molar-refractivity contribution < 1.29 is 29.2 Å². The highest BCUT2D eigenvalue weighted by Gasteiger charge is 2.37. The van der Waals surface area contributed by atoms with E-state index in [1.807, 2.05) is 0 Å². The number of nitrogens with zero attached hydrogens (tertiary/aromatic N) is 2. The first-order valence-corrected chi connectivity index (χ1v) is 9.33. The van der Waals surface area contributed by atoms with Crippen LogP contribution in [0.15, 0.2) is 46.4 Å². The van der Waals surface area contributed by atoms with Crippen LogP contribution in [0.3, 0.4) is 0 Å². The third-order valence-corrected chi connectivity index (χ3v) is 4.60. The number of imide groups is 2. The molecule has 0 bridgehead atoms. The molecule has 4 amide bonds. The number of hydrogen-bond donors (Lipinski definition) is 2. The quantitative estimate of drug-likeness (QED) is 0.293. The number of urea groups is 1. The second-order valence-corrected chi connectivity index (χ2v) is 6.93. The number of benzene rings is 2. The summed E-state index contributed by atoms with van der Waals surface area (Å²) >= 11 is 3.25. The van der Waals surface area contributed by atoms with E-state index in [2.05, 4.69) is 21.2 Å². The smallest absolute Gasteiger partial charge is 0.335 e. The van der Waals surface area contributed by atoms with E-state index in [-0.39, 0.29) is 23.6 Å². The Morgan fingerprint density at radius 2 is 1.90 bits per heavy atom. The van der Waals surface area contributed by atoms with Crippen LogP contribution >= 0.6 is 15.9 Å². The molecule has 2 aromatic rings. The number of rotatable bonds is 5. The molecule has 0 aromatic heterocycles. The van der Waals surface area contributed by atoms with Gasteiger partial charge < -0.3 is 9.84 Å². The fourth-order valence-corrected chi connectivity index (χ4v) is 3.02. The molecule has 0 atom stereocenters. The van der Waals surface area contributed by atoms with Crippen molar-refractivity contribution >= 4 is 51.2 Å². The van der Waals surface area contributed by atoms with Crippen LogP contribution in [0.25, 0.3) is 6.08 Å². The van der Waals surface area contributed by atoms with Crippen molar-refractivity contribution in [2.45, 2.75) is 6.92 Å². The van der Waals surface area contributed by atoms with Crippen LogP contribution < -0.4 is 15.0 Å². The maximum atomic E-state index is 12.9. The van der Waals surface area contributed by atoms with Gasteiger partial charge in [0.05, 0.1) is 17.2 Å². The average Bonchev–Trinajstić information content (AvgIpc) is 2.68. The average molecular weight is 476 g/mol. The summed E-state index contributed by atoms with van der Waals surface area (Å²) in [5, 5.41) is 23.3. The summed E-state index contributed by atoms with van der Waals surface area (Å²) in [7, 11) is 0. The van der Waals surface area contributed by atoms with Gasteiger partial charge in [-0.3, -0.25) is 25.0 Å². The maximum absolute atomic E-state index is 12.9. The van der Waals surface area contributed by atoms with Crippen LogP contribution in [-0.4, -0.2) is 34.5 Å². The molecule has 30 heavy (non-hydrogen) atoms. The molecule has 1 aliphatic rings. The van der Waals surface area contributed by atoms with Crippen molar-refractivity contribution in [3.05, 3.63) is 62.1 Å². The number of carbonyl (C=O) groups excluding carboxylic acids is 3. The van der Waals surface area contributed by atoms with Gasteiger partial charge in [-0.25, -0.2) is 9.69 Å². The zero-order valence-electron chi connectivity index (χ0n) is 15.4. The van der Waals surface area contributed by atoms with Crippen molar-refractivity contribution in [3.8, 4) is 11.5 Å². The molecule has 1 aliphatic heterocycles. The minimum absolute atomic E-state index is 0.0616. The number of aromatic hydroxyl groups is 1. The Morgan fingerprint density at radius 3 is 2.50 bits per heavy atom. The molecule has 3 rings (SSSR count). The van der Waals surface area contributed by atoms with Gasteiger partial charge >= 0.3 is 11.7 Å². The van der Waals surface area contributed by atoms with Crippen LogP contribution in [-0.2, 0) is 9.59 Å². The molecule has 0 spiro atoms. The Balaban J connectivity index is 2.08. The minimum atomic E-state index is -0.952. The molecule has 0 unspecified atom stereocenters. The molecule has 11 heteroatoms. The fraction of sp³-hybridized carbons (Fsp3) is 0.105. The number of hydrogen-bond acceptors (Lipinski definition) is 7. The lowest BCUT2D eigenvalue weighted by atomic mass is 10.1. The largest absolute Gasteiger partial charge is 0.500 e. The first kappa shape index (κ1) is 21.0. The summed E-state index contributed by atoms with van der Waals surface area (Å²) in [5.74, 6) is -2.70. The summed E-state index contributed by atoms with van der Waals surface area (Å²) in [6.45, 7) is 1.74. The molecule has 2 aromatic carbocycles. The SMILES string of the molecule is CCOc1cc(C=C2C(=O)NC(=O)N(c3ccc(Br)cc3)C2=O)cc([N+](=O)[O-])c1O. The van der Waals surface area contributed by atoms with E-state index in [0.717, 1.165) is 21.5 Å². The van der Waals surface area contributed by atoms with E-state index >= 15 is 0 Å². The van der Waals surface area contributed by atoms with Gasteiger partial charge in [0.25, 0.3) is 11.8 Å². The molecule has 0 aliphatic carbocycles. The number of phenolic OH excluding ortho intramolecular Hbond substituents is 1. The van der Waals surface area contributed by atoms with E-state index in [1.165, 1.54) is 18.2 Å². The van der Waals surface area contributed by atoms with Crippen molar-refractivity contribution in [2.24, 2.45) is 0 Å². The number of barbiturate groups is 1. The predicted octanol–water partition coefficient (Wildman–Crippen LogP) is 3.13. The molecule has 0 saturated carbocycles. The molecule has 154 valence electrons. The van der Waals surface area contributed by atoms with Crippen LogP contribution in [0.1, 0.15) is 12.5 Å². The number of phenols is 1. The van der Waals surface area contributed by atoms with Gasteiger partial charge in [0.2, 0.25) is 5.75 Å². The number of nitro groups is 1. The molecule has 1 saturated heterocycles. The highest BCUT2D eigenvalue weighted by atomic mass is 79.9. The van der Waals surface area contributed by atoms with Crippen LogP contribution in [0.2, 0.25) is 0 Å². The first-order valence-electron chi connectivity index (χ1n) is 8.54. The topological polar surface area (TPSA) is 139 Å². The van der Waals surface area contributed by atoms with Gasteiger partial charge in [-0.2, -0.15) is 0 Å². The summed E-state index contributed by atoms with van der Waals surface area (Å²) in [6.07, 6.45) is 1.09. The first-order chi connectivity index (χ1) is 14.2. The van der Waals surface area contributed by atoms with Crippen LogP contribution in [0, 0.1) is 10.1 Å². The van der Waals surface area contributed by atoms with Gasteiger partial charge in [-0.1, -0.05) is 15.9 Å². The zero-order valence-corrected chi connectivity index (χ0v) is 17.0. The van der Waals surface area contributed by atoms with Crippen molar-refractivity contribution in [3.63, 3.8) is 0 Å². The van der Waals surface area contributed by atoms with Gasteiger partial charge in [-0.15, -0.1) is 0 Å². The van der Waals surface area contributed by atoms with Crippen molar-refractivity contribution in [1.29, 1.82) is 0 Å². The summed E-state index contributed by atoms with van der Waals surface area (Å²) in [5.41, 5.74) is -0.783. The number of nitrogens with one attached hydrogen (secondary N) is 1. The molecule has 1 heterocycles. The predicted molar refractivity (Wildman–Crippen MR) is 109 cm³/mol. The third kappa shape index (κ3) is 4.01. The Kier molecular flexibility index (Phi) is 5.83. The van der Waals surface area contributed by atoms with E-state index in [4.69, 9.17) is 4.74 Å². The molecular formula is C19H14BrN3O7. The normalized spacial score (nSPS) is 15.3. The lowest BCUT2D eigenvalue weighted by Gasteiger charge is -2.26. The number of amides is 4. The molecule has 0 radical (unpaired) electrons. The van der Waals surface area contributed by atoms with E-state index in [9.17, 15) is 29.6 Å². The van der Waals surface area contributed by atoms with E-state index in [0.29, 0.717) is 0 Å². The Hall–Kier alpha value is -3.73. The summed E-state index contributed by atoms with van der Waals surface area (Å²) in [4.78, 5) is 48.6. The maximum Gasteiger partial charge on any atom is 0.335 e. The van der Waals surface area contributed by atoms with Crippen molar-refractivity contribution in [1.82, 2.24) is 5.32 Å². The van der Waals surface area contributed by atoms with Crippen LogP contribution in [0.4, 0.5) is 16.2 Å². The fourth-order valence-electron chi connectivity index (χ4n) is 2.75. The van der Waals surface area contributed by atoms with Crippen LogP contribution in [0.5, 0.6) is 11.5 Å². The number of anilines is 1. The second kappa shape index (κ2) is 8.33. The van der Waals surface area contributed by atoms with Gasteiger partial charge in [0.15, 0.2) is 5.75 Å². The molecule has 10 nitrogen and oxygen atoms in total.